The zero-order chi connectivity index (χ0) is 13.0. The maximum absolute atomic E-state index is 5.25. The Balaban J connectivity index is 1.88. The molecule has 0 amide bonds. The molecule has 0 unspecified atom stereocenters. The number of rotatable bonds is 5. The molecule has 0 saturated carbocycles. The molecule has 1 aromatic carbocycles. The van der Waals surface area contributed by atoms with Crippen molar-refractivity contribution in [1.29, 1.82) is 0 Å². The van der Waals surface area contributed by atoms with Crippen LogP contribution in [0.4, 0.5) is 0 Å². The van der Waals surface area contributed by atoms with Crippen molar-refractivity contribution in [2.24, 2.45) is 7.05 Å². The van der Waals surface area contributed by atoms with Crippen molar-refractivity contribution < 1.29 is 4.74 Å². The Kier molecular flexibility index (Phi) is 3.99. The smallest absolute Gasteiger partial charge is 0.121 e. The summed E-state index contributed by atoms with van der Waals surface area (Å²) in [4.78, 5) is 0. The Bertz CT molecular complexity index is 520. The third kappa shape index (κ3) is 3.11. The van der Waals surface area contributed by atoms with Crippen LogP contribution in [0.15, 0.2) is 30.6 Å². The van der Waals surface area contributed by atoms with E-state index in [0.717, 1.165) is 24.4 Å². The van der Waals surface area contributed by atoms with E-state index in [2.05, 4.69) is 29.5 Å². The van der Waals surface area contributed by atoms with Gasteiger partial charge >= 0.3 is 0 Å². The molecule has 4 nitrogen and oxygen atoms in total. The lowest BCUT2D eigenvalue weighted by Gasteiger charge is -2.08. The van der Waals surface area contributed by atoms with Crippen LogP contribution in [0.25, 0.3) is 0 Å². The fourth-order valence-corrected chi connectivity index (χ4v) is 1.96. The lowest BCUT2D eigenvalue weighted by atomic mass is 10.1. The van der Waals surface area contributed by atoms with Crippen LogP contribution in [-0.2, 0) is 20.1 Å². The van der Waals surface area contributed by atoms with Crippen molar-refractivity contribution >= 4 is 0 Å². The van der Waals surface area contributed by atoms with Crippen molar-refractivity contribution in [3.8, 4) is 5.75 Å². The number of hydrogen-bond acceptors (Lipinski definition) is 3. The van der Waals surface area contributed by atoms with Crippen LogP contribution in [0.3, 0.4) is 0 Å². The highest BCUT2D eigenvalue weighted by Crippen LogP contribution is 2.18. The van der Waals surface area contributed by atoms with Gasteiger partial charge in [0, 0.05) is 31.9 Å². The number of ether oxygens (including phenoxy) is 1. The van der Waals surface area contributed by atoms with Gasteiger partial charge in [0.1, 0.15) is 5.75 Å². The van der Waals surface area contributed by atoms with E-state index in [0.29, 0.717) is 0 Å². The van der Waals surface area contributed by atoms with Gasteiger partial charge in [-0.15, -0.1) is 0 Å². The summed E-state index contributed by atoms with van der Waals surface area (Å²) in [6, 6.07) is 6.24. The molecular formula is C14H19N3O. The van der Waals surface area contributed by atoms with Crippen molar-refractivity contribution in [2.75, 3.05) is 7.11 Å². The first-order valence-electron chi connectivity index (χ1n) is 6.01. The molecule has 2 rings (SSSR count). The average Bonchev–Trinajstić information content (AvgIpc) is 2.75. The van der Waals surface area contributed by atoms with E-state index in [1.165, 1.54) is 11.1 Å². The number of hydrogen-bond donors (Lipinski definition) is 1. The summed E-state index contributed by atoms with van der Waals surface area (Å²) in [6.07, 6.45) is 3.90. The molecule has 96 valence electrons. The summed E-state index contributed by atoms with van der Waals surface area (Å²) < 4.78 is 7.06. The van der Waals surface area contributed by atoms with Crippen LogP contribution in [0, 0.1) is 6.92 Å². The highest BCUT2D eigenvalue weighted by atomic mass is 16.5. The van der Waals surface area contributed by atoms with Crippen LogP contribution in [0.1, 0.15) is 16.7 Å². The van der Waals surface area contributed by atoms with Crippen LogP contribution >= 0.6 is 0 Å². The highest BCUT2D eigenvalue weighted by molar-refractivity contribution is 5.36. The fourth-order valence-electron chi connectivity index (χ4n) is 1.96. The van der Waals surface area contributed by atoms with Crippen LogP contribution in [-0.4, -0.2) is 16.9 Å². The normalized spacial score (nSPS) is 10.6. The Morgan fingerprint density at radius 3 is 2.67 bits per heavy atom. The molecule has 0 spiro atoms. The first kappa shape index (κ1) is 12.6. The summed E-state index contributed by atoms with van der Waals surface area (Å²) in [6.45, 7) is 3.74. The standard InChI is InChI=1S/C14H19N3O/c1-11-6-12(4-5-14(11)18-3)7-15-8-13-9-16-17(2)10-13/h4-6,9-10,15H,7-8H2,1-3H3. The lowest BCUT2D eigenvalue weighted by Crippen LogP contribution is -2.12. The van der Waals surface area contributed by atoms with Gasteiger partial charge in [-0.25, -0.2) is 0 Å². The van der Waals surface area contributed by atoms with Gasteiger partial charge < -0.3 is 10.1 Å². The monoisotopic (exact) mass is 245 g/mol. The van der Waals surface area contributed by atoms with Gasteiger partial charge in [0.05, 0.1) is 13.3 Å². The quantitative estimate of drug-likeness (QED) is 0.876. The third-order valence-corrected chi connectivity index (χ3v) is 2.88. The minimum absolute atomic E-state index is 0.832. The minimum Gasteiger partial charge on any atom is -0.496 e. The second-order valence-electron chi connectivity index (χ2n) is 4.43. The molecule has 0 fully saturated rings. The SMILES string of the molecule is COc1ccc(CNCc2cnn(C)c2)cc1C. The van der Waals surface area contributed by atoms with Crippen molar-refractivity contribution in [3.63, 3.8) is 0 Å². The summed E-state index contributed by atoms with van der Waals surface area (Å²) in [5, 5.41) is 7.54. The second kappa shape index (κ2) is 5.69. The largest absolute Gasteiger partial charge is 0.496 e. The molecule has 0 aliphatic carbocycles. The van der Waals surface area contributed by atoms with Crippen LogP contribution in [0.5, 0.6) is 5.75 Å². The highest BCUT2D eigenvalue weighted by Gasteiger charge is 2.00. The molecular weight excluding hydrogens is 226 g/mol. The van der Waals surface area contributed by atoms with Crippen LogP contribution < -0.4 is 10.1 Å². The van der Waals surface area contributed by atoms with E-state index in [1.54, 1.807) is 7.11 Å². The number of benzene rings is 1. The maximum atomic E-state index is 5.25. The molecule has 0 aliphatic heterocycles. The Morgan fingerprint density at radius 1 is 1.28 bits per heavy atom. The van der Waals surface area contributed by atoms with Crippen molar-refractivity contribution in [1.82, 2.24) is 15.1 Å². The first-order valence-corrected chi connectivity index (χ1v) is 6.01. The molecule has 0 radical (unpaired) electrons. The molecule has 0 saturated heterocycles. The van der Waals surface area contributed by atoms with Crippen molar-refractivity contribution in [3.05, 3.63) is 47.3 Å². The topological polar surface area (TPSA) is 39.1 Å². The van der Waals surface area contributed by atoms with Gasteiger partial charge in [-0.3, -0.25) is 4.68 Å². The number of aryl methyl sites for hydroxylation is 2. The molecule has 2 aromatic rings. The summed E-state index contributed by atoms with van der Waals surface area (Å²) >= 11 is 0. The van der Waals surface area contributed by atoms with E-state index in [4.69, 9.17) is 4.74 Å². The first-order chi connectivity index (χ1) is 8.69. The number of nitrogens with zero attached hydrogens (tertiary/aromatic N) is 2. The third-order valence-electron chi connectivity index (χ3n) is 2.88. The molecule has 1 aromatic heterocycles. The molecule has 0 atom stereocenters. The molecule has 1 N–H and O–H groups in total. The molecule has 0 bridgehead atoms. The van der Waals surface area contributed by atoms with Crippen LogP contribution in [0.2, 0.25) is 0 Å². The number of methoxy groups -OCH3 is 1. The van der Waals surface area contributed by atoms with Gasteiger partial charge in [0.2, 0.25) is 0 Å². The molecule has 4 heteroatoms. The molecule has 0 aliphatic rings. The van der Waals surface area contributed by atoms with Gasteiger partial charge in [-0.2, -0.15) is 5.10 Å². The van der Waals surface area contributed by atoms with Crippen molar-refractivity contribution in [2.45, 2.75) is 20.0 Å². The Hall–Kier alpha value is -1.81. The van der Waals surface area contributed by atoms with Gasteiger partial charge in [0.15, 0.2) is 0 Å². The van der Waals surface area contributed by atoms with E-state index in [1.807, 2.05) is 30.2 Å². The minimum atomic E-state index is 0.832. The predicted molar refractivity (Wildman–Crippen MR) is 71.5 cm³/mol. The average molecular weight is 245 g/mol. The molecule has 18 heavy (non-hydrogen) atoms. The zero-order valence-electron chi connectivity index (χ0n) is 11.1. The van der Waals surface area contributed by atoms with Gasteiger partial charge in [-0.1, -0.05) is 12.1 Å². The fraction of sp³-hybridized carbons (Fsp3) is 0.357. The van der Waals surface area contributed by atoms with E-state index >= 15 is 0 Å². The van der Waals surface area contributed by atoms with Gasteiger partial charge in [-0.05, 0) is 24.1 Å². The Morgan fingerprint density at radius 2 is 2.06 bits per heavy atom. The zero-order valence-corrected chi connectivity index (χ0v) is 11.1. The summed E-state index contributed by atoms with van der Waals surface area (Å²) in [5.74, 6) is 0.936. The predicted octanol–water partition coefficient (Wildman–Crippen LogP) is 2.03. The lowest BCUT2D eigenvalue weighted by molar-refractivity contribution is 0.411. The number of nitrogens with one attached hydrogen (secondary N) is 1. The summed E-state index contributed by atoms with van der Waals surface area (Å²) in [5.41, 5.74) is 3.62. The summed E-state index contributed by atoms with van der Waals surface area (Å²) in [7, 11) is 3.62. The van der Waals surface area contributed by atoms with Gasteiger partial charge in [0.25, 0.3) is 0 Å². The Labute approximate surface area is 108 Å². The molecule has 1 heterocycles. The van der Waals surface area contributed by atoms with E-state index < -0.39 is 0 Å². The maximum Gasteiger partial charge on any atom is 0.121 e. The van der Waals surface area contributed by atoms with E-state index in [9.17, 15) is 0 Å². The second-order valence-corrected chi connectivity index (χ2v) is 4.43. The number of aromatic nitrogens is 2. The van der Waals surface area contributed by atoms with E-state index in [-0.39, 0.29) is 0 Å².